The average Bonchev–Trinajstić information content (AvgIpc) is 3.76. The Labute approximate surface area is 267 Å². The van der Waals surface area contributed by atoms with E-state index < -0.39 is 5.82 Å². The number of hydrogen-bond donors (Lipinski definition) is 2. The van der Waals surface area contributed by atoms with E-state index in [0.29, 0.717) is 63.0 Å². The van der Waals surface area contributed by atoms with Crippen molar-refractivity contribution >= 4 is 27.6 Å². The summed E-state index contributed by atoms with van der Waals surface area (Å²) in [6.45, 7) is 6.42. The fraction of sp³-hybridized carbons (Fsp3) is 0.417. The molecule has 1 aliphatic carbocycles. The van der Waals surface area contributed by atoms with Crippen molar-refractivity contribution in [1.29, 1.82) is 0 Å². The van der Waals surface area contributed by atoms with Gasteiger partial charge in [-0.1, -0.05) is 17.9 Å². The minimum absolute atomic E-state index is 0.00108. The number of nitrogens with zero attached hydrogens (tertiary/aromatic N) is 5. The van der Waals surface area contributed by atoms with Crippen LogP contribution >= 0.6 is 0 Å². The van der Waals surface area contributed by atoms with Gasteiger partial charge in [-0.05, 0) is 54.8 Å². The van der Waals surface area contributed by atoms with Crippen molar-refractivity contribution in [3.05, 3.63) is 47.4 Å². The van der Waals surface area contributed by atoms with Crippen LogP contribution in [0.25, 0.3) is 32.9 Å². The smallest absolute Gasteiger partial charge is 0.319 e. The Kier molecular flexibility index (Phi) is 7.17. The van der Waals surface area contributed by atoms with Crippen LogP contribution in [0.3, 0.4) is 0 Å². The van der Waals surface area contributed by atoms with Crippen molar-refractivity contribution in [1.82, 2.24) is 25.2 Å². The van der Waals surface area contributed by atoms with Crippen molar-refractivity contribution in [2.75, 3.05) is 57.4 Å². The topological polar surface area (TPSA) is 95.9 Å². The first kappa shape index (κ1) is 29.0. The Hall–Kier alpha value is -4.48. The van der Waals surface area contributed by atoms with Gasteiger partial charge in [-0.25, -0.2) is 9.37 Å². The Morgan fingerprint density at radius 2 is 1.78 bits per heavy atom. The van der Waals surface area contributed by atoms with Gasteiger partial charge in [-0.2, -0.15) is 9.97 Å². The number of phenols is 1. The molecule has 5 heterocycles. The van der Waals surface area contributed by atoms with Gasteiger partial charge in [0, 0.05) is 67.4 Å². The van der Waals surface area contributed by atoms with Gasteiger partial charge >= 0.3 is 6.01 Å². The summed E-state index contributed by atoms with van der Waals surface area (Å²) >= 11 is 0. The second-order valence-corrected chi connectivity index (χ2v) is 13.1. The molecule has 2 atom stereocenters. The van der Waals surface area contributed by atoms with E-state index in [1.807, 2.05) is 0 Å². The predicted molar refractivity (Wildman–Crippen MR) is 174 cm³/mol. The van der Waals surface area contributed by atoms with E-state index in [2.05, 4.69) is 27.0 Å². The number of nitrogens with one attached hydrogen (secondary N) is 1. The van der Waals surface area contributed by atoms with E-state index in [1.54, 1.807) is 24.4 Å². The first-order valence-corrected chi connectivity index (χ1v) is 16.0. The molecule has 1 saturated carbocycles. The largest absolute Gasteiger partial charge is 0.508 e. The van der Waals surface area contributed by atoms with Crippen molar-refractivity contribution in [2.24, 2.45) is 5.41 Å². The average molecular weight is 619 g/mol. The number of morpholine rings is 1. The lowest BCUT2D eigenvalue weighted by molar-refractivity contribution is 0.0231. The fourth-order valence-electron chi connectivity index (χ4n) is 7.40. The second kappa shape index (κ2) is 11.4. The fourth-order valence-corrected chi connectivity index (χ4v) is 7.40. The Bertz CT molecular complexity index is 1930. The highest BCUT2D eigenvalue weighted by Gasteiger charge is 2.45. The molecule has 4 fully saturated rings. The number of terminal acetylenes is 2. The number of rotatable bonds is 7. The molecule has 0 amide bonds. The third-order valence-electron chi connectivity index (χ3n) is 9.95. The zero-order valence-corrected chi connectivity index (χ0v) is 25.6. The molecule has 4 aliphatic rings. The van der Waals surface area contributed by atoms with Crippen LogP contribution < -0.4 is 15.0 Å². The van der Waals surface area contributed by atoms with Gasteiger partial charge in [0.05, 0.1) is 30.9 Å². The SMILES string of the molecule is C#Cc1c(-c2cc(O)cc3ccc(F)c(C#C)c23)cnc2c(N3CC4CCC(C3)N4)nc(OCC3(CN4CCOCC4)CC3)nc12. The molecule has 2 aromatic carbocycles. The number of hydrogen-bond acceptors (Lipinski definition) is 9. The molecule has 10 heteroatoms. The molecule has 8 rings (SSSR count). The molecular formula is C36H35FN6O3. The van der Waals surface area contributed by atoms with Crippen LogP contribution in [0.4, 0.5) is 10.2 Å². The van der Waals surface area contributed by atoms with Crippen LogP contribution in [0.5, 0.6) is 11.8 Å². The van der Waals surface area contributed by atoms with E-state index in [4.69, 9.17) is 37.3 Å². The van der Waals surface area contributed by atoms with Gasteiger partial charge in [-0.15, -0.1) is 12.8 Å². The Balaban J connectivity index is 1.25. The summed E-state index contributed by atoms with van der Waals surface area (Å²) in [5, 5.41) is 15.4. The molecule has 3 aliphatic heterocycles. The zero-order valence-electron chi connectivity index (χ0n) is 25.6. The van der Waals surface area contributed by atoms with Crippen molar-refractivity contribution in [3.8, 4) is 47.6 Å². The minimum Gasteiger partial charge on any atom is -0.508 e. The van der Waals surface area contributed by atoms with E-state index in [-0.39, 0.29) is 22.7 Å². The molecule has 9 nitrogen and oxygen atoms in total. The van der Waals surface area contributed by atoms with Crippen molar-refractivity contribution in [2.45, 2.75) is 37.8 Å². The lowest BCUT2D eigenvalue weighted by Crippen LogP contribution is -2.51. The maximum Gasteiger partial charge on any atom is 0.319 e. The van der Waals surface area contributed by atoms with Crippen LogP contribution in [0.15, 0.2) is 30.5 Å². The van der Waals surface area contributed by atoms with Gasteiger partial charge in [0.2, 0.25) is 0 Å². The number of anilines is 1. The van der Waals surface area contributed by atoms with Gasteiger partial charge in [0.15, 0.2) is 5.82 Å². The highest BCUT2D eigenvalue weighted by atomic mass is 19.1. The maximum atomic E-state index is 14.9. The number of aromatic hydroxyl groups is 1. The molecule has 2 N–H and O–H groups in total. The number of piperazine rings is 1. The number of aromatic nitrogens is 3. The van der Waals surface area contributed by atoms with Crippen molar-refractivity contribution in [3.63, 3.8) is 0 Å². The summed E-state index contributed by atoms with van der Waals surface area (Å²) in [5.41, 5.74) is 2.65. The molecule has 4 aromatic rings. The molecule has 0 radical (unpaired) electrons. The maximum absolute atomic E-state index is 14.9. The van der Waals surface area contributed by atoms with Crippen molar-refractivity contribution < 1.29 is 19.0 Å². The standard InChI is InChI=1S/C36H35FN6O3/c1-3-26-29(28-16-25(44)15-22-5-8-30(37)27(4-2)31(22)28)17-38-33-32(26)40-35(41-34(33)43-18-23-6-7-24(19-43)39-23)46-21-36(9-10-36)20-42-11-13-45-14-12-42/h1-2,5,8,15-17,23-24,39,44H,6-7,9-14,18-21H2. The summed E-state index contributed by atoms with van der Waals surface area (Å²) in [6.07, 6.45) is 18.1. The monoisotopic (exact) mass is 618 g/mol. The summed E-state index contributed by atoms with van der Waals surface area (Å²) < 4.78 is 26.9. The quantitative estimate of drug-likeness (QED) is 0.297. The molecule has 2 bridgehead atoms. The van der Waals surface area contributed by atoms with Crippen LogP contribution in [0, 0.1) is 35.9 Å². The van der Waals surface area contributed by atoms with Crippen LogP contribution in [0.1, 0.15) is 36.8 Å². The normalized spacial score (nSPS) is 22.1. The minimum atomic E-state index is -0.530. The molecule has 46 heavy (non-hydrogen) atoms. The van der Waals surface area contributed by atoms with Gasteiger partial charge in [-0.3, -0.25) is 4.90 Å². The third-order valence-corrected chi connectivity index (χ3v) is 9.95. The van der Waals surface area contributed by atoms with E-state index in [1.165, 1.54) is 6.07 Å². The lowest BCUT2D eigenvalue weighted by Gasteiger charge is -2.34. The molecule has 234 valence electrons. The molecule has 3 saturated heterocycles. The number of fused-ring (bicyclic) bond motifs is 4. The highest BCUT2D eigenvalue weighted by molar-refractivity contribution is 6.05. The lowest BCUT2D eigenvalue weighted by atomic mass is 9.92. The van der Waals surface area contributed by atoms with Gasteiger partial charge in [0.1, 0.15) is 22.6 Å². The van der Waals surface area contributed by atoms with Crippen LogP contribution in [-0.4, -0.2) is 89.6 Å². The first-order valence-electron chi connectivity index (χ1n) is 16.0. The first-order chi connectivity index (χ1) is 22.4. The van der Waals surface area contributed by atoms with Crippen LogP contribution in [0.2, 0.25) is 0 Å². The summed E-state index contributed by atoms with van der Waals surface area (Å²) in [5.74, 6) is 5.48. The van der Waals surface area contributed by atoms with Gasteiger partial charge in [0.25, 0.3) is 0 Å². The molecule has 2 aromatic heterocycles. The number of phenolic OH excluding ortho intramolecular Hbond substituents is 1. The second-order valence-electron chi connectivity index (χ2n) is 13.1. The van der Waals surface area contributed by atoms with Gasteiger partial charge < -0.3 is 24.8 Å². The van der Waals surface area contributed by atoms with Crippen LogP contribution in [-0.2, 0) is 4.74 Å². The number of ether oxygens (including phenoxy) is 2. The summed E-state index contributed by atoms with van der Waals surface area (Å²) in [4.78, 5) is 19.4. The number of halogens is 1. The number of pyridine rings is 1. The Morgan fingerprint density at radius 3 is 2.50 bits per heavy atom. The van der Waals surface area contributed by atoms with E-state index in [0.717, 1.165) is 71.6 Å². The summed E-state index contributed by atoms with van der Waals surface area (Å²) in [6, 6.07) is 7.00. The highest BCUT2D eigenvalue weighted by Crippen LogP contribution is 2.47. The molecule has 2 unspecified atom stereocenters. The third kappa shape index (κ3) is 5.17. The number of benzene rings is 2. The predicted octanol–water partition coefficient (Wildman–Crippen LogP) is 4.08. The summed E-state index contributed by atoms with van der Waals surface area (Å²) in [7, 11) is 0. The molecular weight excluding hydrogens is 583 g/mol. The van der Waals surface area contributed by atoms with E-state index >= 15 is 0 Å². The van der Waals surface area contributed by atoms with E-state index in [9.17, 15) is 9.50 Å². The Morgan fingerprint density at radius 1 is 1.02 bits per heavy atom. The zero-order chi connectivity index (χ0) is 31.4. The molecule has 0 spiro atoms.